The molecule has 1 aliphatic heterocycles. The Kier molecular flexibility index (Phi) is 12.1. The van der Waals surface area contributed by atoms with Gasteiger partial charge in [-0.3, -0.25) is 14.5 Å². The minimum Gasteiger partial charge on any atom is -0.465 e. The molecule has 1 heterocycles. The Morgan fingerprint density at radius 1 is 0.738 bits per heavy atom. The van der Waals surface area contributed by atoms with Crippen LogP contribution in [-0.2, 0) is 20.9 Å². The van der Waals surface area contributed by atoms with Crippen LogP contribution in [0.5, 0.6) is 0 Å². The van der Waals surface area contributed by atoms with Crippen molar-refractivity contribution in [3.8, 4) is 11.1 Å². The zero-order valence-electron chi connectivity index (χ0n) is 34.0. The SMILES string of the molecule is CC(C)(SC(c1ccccc1)(c1ccccc1)c1ccccc1)[C@@H](C(=O)N1C[C@H](O)C[C@H]1C(=O)NCc1ccc(Cl)cc1)N(CC1c2ccccc2-c2ccccc21)C(=O)O. The number of hydrogen-bond donors (Lipinski definition) is 3. The molecule has 3 amide bonds. The first kappa shape index (κ1) is 41.8. The van der Waals surface area contributed by atoms with Crippen molar-refractivity contribution < 1.29 is 24.6 Å². The Balaban J connectivity index is 1.26. The van der Waals surface area contributed by atoms with Crippen molar-refractivity contribution in [3.05, 3.63) is 202 Å². The van der Waals surface area contributed by atoms with E-state index in [-0.39, 0.29) is 32.0 Å². The molecule has 0 spiro atoms. The number of β-amino-alcohol motifs (C(OH)–C–C–N with tert-alkyl or cyclic N) is 1. The third kappa shape index (κ3) is 8.30. The van der Waals surface area contributed by atoms with Crippen molar-refractivity contribution in [1.82, 2.24) is 15.1 Å². The Labute approximate surface area is 366 Å². The van der Waals surface area contributed by atoms with Crippen LogP contribution in [0.4, 0.5) is 4.79 Å². The van der Waals surface area contributed by atoms with Gasteiger partial charge in [-0.2, -0.15) is 0 Å². The first-order valence-electron chi connectivity index (χ1n) is 20.5. The molecule has 0 aromatic heterocycles. The molecule has 0 saturated carbocycles. The number of likely N-dealkylation sites (tertiary alicyclic amines) is 1. The van der Waals surface area contributed by atoms with E-state index in [1.165, 1.54) is 21.6 Å². The predicted molar refractivity (Wildman–Crippen MR) is 243 cm³/mol. The fraction of sp³-hybridized carbons (Fsp3) is 0.235. The highest BCUT2D eigenvalue weighted by molar-refractivity contribution is 8.02. The summed E-state index contributed by atoms with van der Waals surface area (Å²) in [6.45, 7) is 3.89. The Morgan fingerprint density at radius 2 is 1.21 bits per heavy atom. The number of fused-ring (bicyclic) bond motifs is 3. The lowest BCUT2D eigenvalue weighted by molar-refractivity contribution is -0.143. The molecule has 310 valence electrons. The first-order valence-corrected chi connectivity index (χ1v) is 21.7. The Morgan fingerprint density at radius 3 is 1.70 bits per heavy atom. The summed E-state index contributed by atoms with van der Waals surface area (Å²) in [5.41, 5.74) is 7.69. The lowest BCUT2D eigenvalue weighted by atomic mass is 9.84. The summed E-state index contributed by atoms with van der Waals surface area (Å²) >= 11 is 7.62. The Bertz CT molecular complexity index is 2360. The number of amides is 3. The molecule has 2 aliphatic rings. The van der Waals surface area contributed by atoms with Gasteiger partial charge < -0.3 is 20.4 Å². The molecule has 0 bridgehead atoms. The summed E-state index contributed by atoms with van der Waals surface area (Å²) in [6.07, 6.45) is -2.24. The molecule has 3 N–H and O–H groups in total. The largest absolute Gasteiger partial charge is 0.465 e. The number of nitrogens with one attached hydrogen (secondary N) is 1. The van der Waals surface area contributed by atoms with Crippen LogP contribution in [0, 0.1) is 0 Å². The van der Waals surface area contributed by atoms with Crippen LogP contribution in [0.25, 0.3) is 11.1 Å². The third-order valence-electron chi connectivity index (χ3n) is 12.0. The van der Waals surface area contributed by atoms with E-state index in [1.54, 1.807) is 12.1 Å². The summed E-state index contributed by atoms with van der Waals surface area (Å²) < 4.78 is -2.12. The van der Waals surface area contributed by atoms with Crippen molar-refractivity contribution in [1.29, 1.82) is 0 Å². The second kappa shape index (κ2) is 17.6. The summed E-state index contributed by atoms with van der Waals surface area (Å²) in [4.78, 5) is 46.6. The van der Waals surface area contributed by atoms with Gasteiger partial charge in [-0.15, -0.1) is 11.8 Å². The quantitative estimate of drug-likeness (QED) is 0.1000. The van der Waals surface area contributed by atoms with Crippen LogP contribution in [0.15, 0.2) is 164 Å². The van der Waals surface area contributed by atoms with E-state index in [0.717, 1.165) is 44.5 Å². The molecule has 6 aromatic carbocycles. The molecule has 1 saturated heterocycles. The standard InChI is InChI=1S/C51H48ClN3O5S/c1-50(2,61-51(35-16-6-3-7-17-35,36-18-8-4-9-19-36)37-20-10-5-11-21-37)46(48(58)54-32-39(56)30-45(54)47(57)53-31-34-26-28-38(52)29-27-34)55(49(59)60)33-44-42-24-14-12-22-40(42)41-23-13-15-25-43(41)44/h3-29,39,44-46,56H,30-33H2,1-2H3,(H,53,57)(H,59,60)/t39-,45+,46-/m1/s1. The average molecular weight is 850 g/mol. The van der Waals surface area contributed by atoms with Gasteiger partial charge in [-0.05, 0) is 70.5 Å². The molecule has 1 fully saturated rings. The first-order chi connectivity index (χ1) is 29.5. The van der Waals surface area contributed by atoms with Crippen molar-refractivity contribution in [2.75, 3.05) is 13.1 Å². The lowest BCUT2D eigenvalue weighted by Gasteiger charge is -2.47. The lowest BCUT2D eigenvalue weighted by Crippen LogP contribution is -2.62. The highest BCUT2D eigenvalue weighted by Gasteiger charge is 2.53. The summed E-state index contributed by atoms with van der Waals surface area (Å²) in [6, 6.07) is 51.0. The number of benzene rings is 6. The molecule has 0 unspecified atom stereocenters. The highest BCUT2D eigenvalue weighted by atomic mass is 35.5. The van der Waals surface area contributed by atoms with Gasteiger partial charge in [0.1, 0.15) is 12.1 Å². The fourth-order valence-electron chi connectivity index (χ4n) is 9.27. The number of carbonyl (C=O) groups is 3. The average Bonchev–Trinajstić information content (AvgIpc) is 3.83. The maximum absolute atomic E-state index is 15.8. The van der Waals surface area contributed by atoms with Gasteiger partial charge in [-0.25, -0.2) is 4.79 Å². The summed E-state index contributed by atoms with van der Waals surface area (Å²) in [7, 11) is 0. The molecular weight excluding hydrogens is 802 g/mol. The van der Waals surface area contributed by atoms with Crippen molar-refractivity contribution in [2.24, 2.45) is 0 Å². The van der Waals surface area contributed by atoms with E-state index in [1.807, 2.05) is 117 Å². The smallest absolute Gasteiger partial charge is 0.408 e. The maximum Gasteiger partial charge on any atom is 0.408 e. The van der Waals surface area contributed by atoms with Crippen LogP contribution in [0.3, 0.4) is 0 Å². The minimum atomic E-state index is -1.33. The topological polar surface area (TPSA) is 110 Å². The van der Waals surface area contributed by atoms with Gasteiger partial charge in [-0.1, -0.05) is 163 Å². The second-order valence-electron chi connectivity index (χ2n) is 16.3. The van der Waals surface area contributed by atoms with Crippen molar-refractivity contribution in [2.45, 2.75) is 60.4 Å². The molecule has 8 rings (SSSR count). The van der Waals surface area contributed by atoms with Crippen LogP contribution < -0.4 is 5.32 Å². The van der Waals surface area contributed by atoms with Crippen LogP contribution in [0.2, 0.25) is 5.02 Å². The minimum absolute atomic E-state index is 0.0108. The zero-order chi connectivity index (χ0) is 42.7. The van der Waals surface area contributed by atoms with Gasteiger partial charge >= 0.3 is 6.09 Å². The molecule has 10 heteroatoms. The Hall–Kier alpha value is -5.87. The number of halogens is 1. The number of rotatable bonds is 13. The summed E-state index contributed by atoms with van der Waals surface area (Å²) in [5, 5.41) is 26.2. The van der Waals surface area contributed by atoms with E-state index in [4.69, 9.17) is 11.6 Å². The fourth-order valence-corrected chi connectivity index (χ4v) is 11.3. The van der Waals surface area contributed by atoms with E-state index >= 15 is 4.79 Å². The maximum atomic E-state index is 15.8. The highest BCUT2D eigenvalue weighted by Crippen LogP contribution is 2.55. The number of nitrogens with zero attached hydrogens (tertiary/aromatic N) is 2. The number of hydrogen-bond acceptors (Lipinski definition) is 5. The van der Waals surface area contributed by atoms with E-state index < -0.39 is 45.6 Å². The molecule has 3 atom stereocenters. The van der Waals surface area contributed by atoms with E-state index in [9.17, 15) is 19.8 Å². The van der Waals surface area contributed by atoms with Crippen LogP contribution in [-0.4, -0.2) is 73.9 Å². The molecule has 8 nitrogen and oxygen atoms in total. The van der Waals surface area contributed by atoms with Crippen molar-refractivity contribution in [3.63, 3.8) is 0 Å². The van der Waals surface area contributed by atoms with E-state index in [0.29, 0.717) is 5.02 Å². The second-order valence-corrected chi connectivity index (χ2v) is 18.6. The number of carboxylic acid groups (broad SMARTS) is 1. The van der Waals surface area contributed by atoms with E-state index in [2.05, 4.69) is 53.8 Å². The number of carbonyl (C=O) groups excluding carboxylic acids is 2. The number of aliphatic hydroxyl groups is 1. The van der Waals surface area contributed by atoms with Gasteiger partial charge in [0.15, 0.2) is 0 Å². The van der Waals surface area contributed by atoms with Crippen LogP contribution in [0.1, 0.15) is 59.6 Å². The molecule has 1 aliphatic carbocycles. The number of aliphatic hydroxyl groups excluding tert-OH is 1. The zero-order valence-corrected chi connectivity index (χ0v) is 35.6. The van der Waals surface area contributed by atoms with Gasteiger partial charge in [0.25, 0.3) is 0 Å². The van der Waals surface area contributed by atoms with Crippen molar-refractivity contribution >= 4 is 41.3 Å². The molecular formula is C51H48ClN3O5S. The predicted octanol–water partition coefficient (Wildman–Crippen LogP) is 9.58. The van der Waals surface area contributed by atoms with Crippen LogP contribution >= 0.6 is 23.4 Å². The third-order valence-corrected chi connectivity index (χ3v) is 14.0. The molecule has 6 aromatic rings. The van der Waals surface area contributed by atoms with Gasteiger partial charge in [0.05, 0.1) is 10.9 Å². The van der Waals surface area contributed by atoms with Gasteiger partial charge in [0, 0.05) is 41.7 Å². The molecule has 0 radical (unpaired) electrons. The molecule has 61 heavy (non-hydrogen) atoms. The van der Waals surface area contributed by atoms with Gasteiger partial charge in [0.2, 0.25) is 11.8 Å². The monoisotopic (exact) mass is 849 g/mol. The normalized spacial score (nSPS) is 16.7. The summed E-state index contributed by atoms with van der Waals surface area (Å²) in [5.74, 6) is -1.35. The number of thioether (sulfide) groups is 1.